The summed E-state index contributed by atoms with van der Waals surface area (Å²) < 4.78 is 11.0. The summed E-state index contributed by atoms with van der Waals surface area (Å²) in [5, 5.41) is 0. The molecule has 0 spiro atoms. The third-order valence-electron chi connectivity index (χ3n) is 2.93. The predicted octanol–water partition coefficient (Wildman–Crippen LogP) is 4.24. The van der Waals surface area contributed by atoms with Crippen molar-refractivity contribution in [3.8, 4) is 17.2 Å². The molecule has 0 unspecified atom stereocenters. The highest BCUT2D eigenvalue weighted by molar-refractivity contribution is 6.17. The molecule has 0 aliphatic carbocycles. The van der Waals surface area contributed by atoms with Gasteiger partial charge >= 0.3 is 0 Å². The number of ether oxygens (including phenoxy) is 1. The van der Waals surface area contributed by atoms with Crippen molar-refractivity contribution < 1.29 is 9.15 Å². The number of benzene rings is 2. The first kappa shape index (κ1) is 12.1. The molecular weight excluding hydrogens is 262 g/mol. The molecule has 0 aliphatic rings. The van der Waals surface area contributed by atoms with E-state index in [1.165, 1.54) is 0 Å². The number of para-hydroxylation sites is 1. The molecule has 3 rings (SSSR count). The molecule has 1 heterocycles. The fraction of sp³-hybridized carbons (Fsp3) is 0.133. The van der Waals surface area contributed by atoms with E-state index in [9.17, 15) is 0 Å². The minimum atomic E-state index is 0.470. The molecule has 2 aromatic carbocycles. The maximum atomic E-state index is 5.84. The van der Waals surface area contributed by atoms with Crippen LogP contribution in [-0.4, -0.2) is 12.1 Å². The Hall–Kier alpha value is -2.00. The van der Waals surface area contributed by atoms with Gasteiger partial charge in [-0.15, -0.1) is 11.6 Å². The van der Waals surface area contributed by atoms with Gasteiger partial charge in [0, 0.05) is 11.4 Å². The predicted molar refractivity (Wildman–Crippen MR) is 75.6 cm³/mol. The van der Waals surface area contributed by atoms with Crippen LogP contribution in [-0.2, 0) is 5.88 Å². The third kappa shape index (κ3) is 2.17. The number of nitrogens with zero attached hydrogens (tertiary/aromatic N) is 1. The van der Waals surface area contributed by atoms with Gasteiger partial charge < -0.3 is 9.15 Å². The molecule has 0 saturated heterocycles. The van der Waals surface area contributed by atoms with Crippen LogP contribution in [0, 0.1) is 0 Å². The molecule has 3 aromatic rings. The van der Waals surface area contributed by atoms with Crippen LogP contribution in [0.25, 0.3) is 22.6 Å². The Kier molecular flexibility index (Phi) is 3.13. The summed E-state index contributed by atoms with van der Waals surface area (Å²) in [6.45, 7) is 0. The summed E-state index contributed by atoms with van der Waals surface area (Å²) in [4.78, 5) is 4.49. The van der Waals surface area contributed by atoms with Gasteiger partial charge in [-0.1, -0.05) is 18.2 Å². The number of hydrogen-bond donors (Lipinski definition) is 0. The average molecular weight is 274 g/mol. The zero-order valence-corrected chi connectivity index (χ0v) is 11.1. The quantitative estimate of drug-likeness (QED) is 0.670. The number of halogens is 1. The van der Waals surface area contributed by atoms with Gasteiger partial charge in [0.2, 0.25) is 5.89 Å². The van der Waals surface area contributed by atoms with E-state index in [4.69, 9.17) is 20.8 Å². The molecule has 19 heavy (non-hydrogen) atoms. The maximum Gasteiger partial charge on any atom is 0.227 e. The summed E-state index contributed by atoms with van der Waals surface area (Å²) in [5.74, 6) is 1.75. The number of oxazole rings is 1. The monoisotopic (exact) mass is 273 g/mol. The van der Waals surface area contributed by atoms with Gasteiger partial charge in [0.25, 0.3) is 0 Å². The van der Waals surface area contributed by atoms with Crippen molar-refractivity contribution >= 4 is 22.7 Å². The standard InChI is InChI=1S/C15H12ClNO2/c1-18-12-6-3-7-13-14(12)17-15(19-13)11-5-2-4-10(8-11)9-16/h2-8H,9H2,1H3. The second-order valence-electron chi connectivity index (χ2n) is 4.16. The van der Waals surface area contributed by atoms with Crippen LogP contribution in [0.15, 0.2) is 46.9 Å². The molecule has 0 atom stereocenters. The van der Waals surface area contributed by atoms with Gasteiger partial charge in [0.05, 0.1) is 7.11 Å². The number of fused-ring (bicyclic) bond motifs is 1. The molecule has 0 fully saturated rings. The van der Waals surface area contributed by atoms with Crippen LogP contribution in [0.3, 0.4) is 0 Å². The lowest BCUT2D eigenvalue weighted by molar-refractivity contribution is 0.419. The number of aromatic nitrogens is 1. The van der Waals surface area contributed by atoms with Crippen LogP contribution >= 0.6 is 11.6 Å². The van der Waals surface area contributed by atoms with Gasteiger partial charge in [0.1, 0.15) is 5.75 Å². The van der Waals surface area contributed by atoms with Crippen molar-refractivity contribution in [2.75, 3.05) is 7.11 Å². The van der Waals surface area contributed by atoms with Crippen molar-refractivity contribution in [3.63, 3.8) is 0 Å². The van der Waals surface area contributed by atoms with Crippen LogP contribution in [0.5, 0.6) is 5.75 Å². The number of methoxy groups -OCH3 is 1. The summed E-state index contributed by atoms with van der Waals surface area (Å²) in [5.41, 5.74) is 3.40. The molecule has 1 aromatic heterocycles. The second kappa shape index (κ2) is 4.94. The minimum Gasteiger partial charge on any atom is -0.494 e. The third-order valence-corrected chi connectivity index (χ3v) is 3.24. The summed E-state index contributed by atoms with van der Waals surface area (Å²) in [6, 6.07) is 13.5. The SMILES string of the molecule is COc1cccc2oc(-c3cccc(CCl)c3)nc12. The number of hydrogen-bond acceptors (Lipinski definition) is 3. The largest absolute Gasteiger partial charge is 0.494 e. The Bertz CT molecular complexity index is 721. The molecule has 96 valence electrons. The van der Waals surface area contributed by atoms with E-state index in [0.29, 0.717) is 23.1 Å². The van der Waals surface area contributed by atoms with Crippen LogP contribution in [0.1, 0.15) is 5.56 Å². The molecule has 3 nitrogen and oxygen atoms in total. The number of alkyl halides is 1. The lowest BCUT2D eigenvalue weighted by Gasteiger charge is -1.98. The zero-order chi connectivity index (χ0) is 13.2. The normalized spacial score (nSPS) is 10.8. The highest BCUT2D eigenvalue weighted by Gasteiger charge is 2.11. The minimum absolute atomic E-state index is 0.470. The van der Waals surface area contributed by atoms with Gasteiger partial charge in [-0.05, 0) is 29.8 Å². The second-order valence-corrected chi connectivity index (χ2v) is 4.43. The molecule has 0 radical (unpaired) electrons. The van der Waals surface area contributed by atoms with E-state index in [1.807, 2.05) is 42.5 Å². The Labute approximate surface area is 115 Å². The van der Waals surface area contributed by atoms with E-state index in [-0.39, 0.29) is 0 Å². The molecule has 0 bridgehead atoms. The molecule has 0 aliphatic heterocycles. The molecule has 0 amide bonds. The lowest BCUT2D eigenvalue weighted by Crippen LogP contribution is -1.84. The first-order valence-electron chi connectivity index (χ1n) is 5.90. The fourth-order valence-corrected chi connectivity index (χ4v) is 2.17. The first-order valence-corrected chi connectivity index (χ1v) is 6.44. The topological polar surface area (TPSA) is 35.3 Å². The first-order chi connectivity index (χ1) is 9.31. The van der Waals surface area contributed by atoms with Crippen LogP contribution in [0.4, 0.5) is 0 Å². The highest BCUT2D eigenvalue weighted by Crippen LogP contribution is 2.30. The average Bonchev–Trinajstić information content (AvgIpc) is 2.91. The Morgan fingerprint density at radius 1 is 1.21 bits per heavy atom. The fourth-order valence-electron chi connectivity index (χ4n) is 2.00. The highest BCUT2D eigenvalue weighted by atomic mass is 35.5. The molecule has 4 heteroatoms. The van der Waals surface area contributed by atoms with Crippen LogP contribution < -0.4 is 4.74 Å². The smallest absolute Gasteiger partial charge is 0.227 e. The van der Waals surface area contributed by atoms with Crippen LogP contribution in [0.2, 0.25) is 0 Å². The van der Waals surface area contributed by atoms with E-state index in [0.717, 1.165) is 16.6 Å². The Morgan fingerprint density at radius 3 is 2.84 bits per heavy atom. The van der Waals surface area contributed by atoms with Crippen molar-refractivity contribution in [2.24, 2.45) is 0 Å². The van der Waals surface area contributed by atoms with Gasteiger partial charge in [-0.25, -0.2) is 4.98 Å². The maximum absolute atomic E-state index is 5.84. The zero-order valence-electron chi connectivity index (χ0n) is 10.4. The summed E-state index contributed by atoms with van der Waals surface area (Å²) in [6.07, 6.45) is 0. The molecular formula is C15H12ClNO2. The summed E-state index contributed by atoms with van der Waals surface area (Å²) in [7, 11) is 1.62. The number of rotatable bonds is 3. The van der Waals surface area contributed by atoms with E-state index in [2.05, 4.69) is 4.98 Å². The van der Waals surface area contributed by atoms with E-state index >= 15 is 0 Å². The van der Waals surface area contributed by atoms with E-state index < -0.39 is 0 Å². The van der Waals surface area contributed by atoms with Gasteiger partial charge in [0.15, 0.2) is 11.1 Å². The van der Waals surface area contributed by atoms with Crippen molar-refractivity contribution in [3.05, 3.63) is 48.0 Å². The summed E-state index contributed by atoms with van der Waals surface area (Å²) >= 11 is 5.84. The molecule has 0 saturated carbocycles. The molecule has 0 N–H and O–H groups in total. The Morgan fingerprint density at radius 2 is 2.05 bits per heavy atom. The Balaban J connectivity index is 2.15. The lowest BCUT2D eigenvalue weighted by atomic mass is 10.1. The van der Waals surface area contributed by atoms with Crippen molar-refractivity contribution in [1.82, 2.24) is 4.98 Å². The van der Waals surface area contributed by atoms with E-state index in [1.54, 1.807) is 7.11 Å². The van der Waals surface area contributed by atoms with Crippen molar-refractivity contribution in [1.29, 1.82) is 0 Å². The van der Waals surface area contributed by atoms with Gasteiger partial charge in [-0.2, -0.15) is 0 Å². The van der Waals surface area contributed by atoms with Gasteiger partial charge in [-0.3, -0.25) is 0 Å². The van der Waals surface area contributed by atoms with Crippen molar-refractivity contribution in [2.45, 2.75) is 5.88 Å².